The Balaban J connectivity index is 1.39. The SMILES string of the molecule is O=C(O)CCOCCn1cc(CNc2cccc3c2C(=O)N(C2CCC(=O)NC2=O)C3=O)nn1. The first-order chi connectivity index (χ1) is 16.3. The second-order valence-electron chi connectivity index (χ2n) is 7.76. The summed E-state index contributed by atoms with van der Waals surface area (Å²) in [7, 11) is 0. The van der Waals surface area contributed by atoms with Crippen LogP contribution in [-0.4, -0.2) is 73.9 Å². The summed E-state index contributed by atoms with van der Waals surface area (Å²) in [6.07, 6.45) is 1.74. The van der Waals surface area contributed by atoms with Crippen LogP contribution in [0, 0.1) is 0 Å². The molecule has 0 bridgehead atoms. The van der Waals surface area contributed by atoms with Crippen molar-refractivity contribution in [1.29, 1.82) is 0 Å². The number of imide groups is 2. The minimum atomic E-state index is -1.03. The van der Waals surface area contributed by atoms with Crippen LogP contribution in [0.2, 0.25) is 0 Å². The topological polar surface area (TPSA) is 173 Å². The number of benzene rings is 1. The number of rotatable bonds is 10. The van der Waals surface area contributed by atoms with Gasteiger partial charge in [-0.2, -0.15) is 0 Å². The molecule has 1 fully saturated rings. The molecule has 34 heavy (non-hydrogen) atoms. The molecule has 13 heteroatoms. The molecular weight excluding hydrogens is 448 g/mol. The molecule has 3 N–H and O–H groups in total. The quantitative estimate of drug-likeness (QED) is 0.311. The van der Waals surface area contributed by atoms with Gasteiger partial charge in [-0.1, -0.05) is 11.3 Å². The number of hydrogen-bond donors (Lipinski definition) is 3. The maximum atomic E-state index is 13.1. The van der Waals surface area contributed by atoms with Crippen LogP contribution in [0.3, 0.4) is 0 Å². The van der Waals surface area contributed by atoms with E-state index in [9.17, 15) is 24.0 Å². The molecule has 4 rings (SSSR count). The van der Waals surface area contributed by atoms with Crippen molar-refractivity contribution in [1.82, 2.24) is 25.2 Å². The Bertz CT molecular complexity index is 1160. The van der Waals surface area contributed by atoms with Crippen molar-refractivity contribution in [2.75, 3.05) is 18.5 Å². The predicted octanol–water partition coefficient (Wildman–Crippen LogP) is -0.217. The molecule has 2 aliphatic rings. The van der Waals surface area contributed by atoms with Crippen LogP contribution < -0.4 is 10.6 Å². The average Bonchev–Trinajstić information content (AvgIpc) is 3.35. The van der Waals surface area contributed by atoms with Crippen molar-refractivity contribution in [3.63, 3.8) is 0 Å². The largest absolute Gasteiger partial charge is 0.481 e. The average molecular weight is 470 g/mol. The fraction of sp³-hybridized carbons (Fsp3) is 0.381. The first-order valence-corrected chi connectivity index (χ1v) is 10.6. The van der Waals surface area contributed by atoms with Gasteiger partial charge in [0.2, 0.25) is 11.8 Å². The number of carboxylic acids is 1. The minimum Gasteiger partial charge on any atom is -0.481 e. The van der Waals surface area contributed by atoms with Crippen molar-refractivity contribution in [2.45, 2.75) is 38.4 Å². The zero-order valence-corrected chi connectivity index (χ0v) is 18.0. The van der Waals surface area contributed by atoms with Crippen LogP contribution in [0.5, 0.6) is 0 Å². The summed E-state index contributed by atoms with van der Waals surface area (Å²) < 4.78 is 6.77. The number of anilines is 1. The third-order valence-corrected chi connectivity index (χ3v) is 5.44. The Hall–Kier alpha value is -4.13. The Labute approximate surface area is 193 Å². The van der Waals surface area contributed by atoms with E-state index in [2.05, 4.69) is 20.9 Å². The molecule has 178 valence electrons. The summed E-state index contributed by atoms with van der Waals surface area (Å²) in [5.41, 5.74) is 1.33. The van der Waals surface area contributed by atoms with Gasteiger partial charge in [0.1, 0.15) is 11.7 Å². The summed E-state index contributed by atoms with van der Waals surface area (Å²) in [4.78, 5) is 61.0. The third-order valence-electron chi connectivity index (χ3n) is 5.44. The third kappa shape index (κ3) is 4.78. The number of carboxylic acid groups (broad SMARTS) is 1. The molecule has 1 unspecified atom stereocenters. The van der Waals surface area contributed by atoms with Crippen LogP contribution in [0.25, 0.3) is 0 Å². The van der Waals surface area contributed by atoms with E-state index < -0.39 is 35.6 Å². The minimum absolute atomic E-state index is 0.0508. The first-order valence-electron chi connectivity index (χ1n) is 10.6. The lowest BCUT2D eigenvalue weighted by molar-refractivity contribution is -0.138. The van der Waals surface area contributed by atoms with Gasteiger partial charge in [0.15, 0.2) is 0 Å². The maximum absolute atomic E-state index is 13.1. The Morgan fingerprint density at radius 1 is 1.21 bits per heavy atom. The number of amides is 4. The molecule has 3 heterocycles. The van der Waals surface area contributed by atoms with E-state index in [-0.39, 0.29) is 50.1 Å². The molecular formula is C21H22N6O7. The van der Waals surface area contributed by atoms with Gasteiger partial charge in [-0.05, 0) is 18.6 Å². The summed E-state index contributed by atoms with van der Waals surface area (Å²) >= 11 is 0. The molecule has 1 aromatic carbocycles. The highest BCUT2D eigenvalue weighted by Gasteiger charge is 2.45. The number of aliphatic carboxylic acids is 1. The monoisotopic (exact) mass is 470 g/mol. The number of ether oxygens (including phenoxy) is 1. The van der Waals surface area contributed by atoms with Crippen LogP contribution in [-0.2, 0) is 32.2 Å². The van der Waals surface area contributed by atoms with Gasteiger partial charge in [0.25, 0.3) is 11.8 Å². The fourth-order valence-corrected chi connectivity index (χ4v) is 3.80. The van der Waals surface area contributed by atoms with E-state index in [0.29, 0.717) is 17.9 Å². The molecule has 4 amide bonds. The maximum Gasteiger partial charge on any atom is 0.305 e. The number of hydrogen-bond acceptors (Lipinski definition) is 9. The lowest BCUT2D eigenvalue weighted by Gasteiger charge is -2.27. The van der Waals surface area contributed by atoms with E-state index in [1.165, 1.54) is 6.07 Å². The number of piperidine rings is 1. The van der Waals surface area contributed by atoms with Gasteiger partial charge in [-0.3, -0.25) is 34.2 Å². The second-order valence-corrected chi connectivity index (χ2v) is 7.76. The lowest BCUT2D eigenvalue weighted by atomic mass is 10.0. The predicted molar refractivity (Wildman–Crippen MR) is 114 cm³/mol. The van der Waals surface area contributed by atoms with E-state index in [1.807, 2.05) is 0 Å². The van der Waals surface area contributed by atoms with Crippen molar-refractivity contribution >= 4 is 35.3 Å². The van der Waals surface area contributed by atoms with Gasteiger partial charge >= 0.3 is 5.97 Å². The normalized spacial score (nSPS) is 17.6. The Morgan fingerprint density at radius 3 is 2.79 bits per heavy atom. The van der Waals surface area contributed by atoms with Gasteiger partial charge < -0.3 is 15.2 Å². The molecule has 0 aliphatic carbocycles. The van der Waals surface area contributed by atoms with E-state index in [4.69, 9.17) is 9.84 Å². The molecule has 2 aromatic rings. The van der Waals surface area contributed by atoms with E-state index >= 15 is 0 Å². The summed E-state index contributed by atoms with van der Waals surface area (Å²) in [6.45, 7) is 1.00. The van der Waals surface area contributed by atoms with Crippen molar-refractivity contribution in [3.05, 3.63) is 41.2 Å². The number of aromatic nitrogens is 3. The van der Waals surface area contributed by atoms with Gasteiger partial charge in [-0.25, -0.2) is 4.68 Å². The molecule has 0 radical (unpaired) electrons. The van der Waals surface area contributed by atoms with Crippen LogP contribution in [0.1, 0.15) is 45.7 Å². The zero-order valence-electron chi connectivity index (χ0n) is 18.0. The zero-order chi connectivity index (χ0) is 24.2. The number of nitrogens with zero attached hydrogens (tertiary/aromatic N) is 4. The smallest absolute Gasteiger partial charge is 0.305 e. The highest BCUT2D eigenvalue weighted by atomic mass is 16.5. The number of nitrogens with one attached hydrogen (secondary N) is 2. The van der Waals surface area contributed by atoms with E-state index in [1.54, 1.807) is 23.0 Å². The van der Waals surface area contributed by atoms with E-state index in [0.717, 1.165) is 4.90 Å². The number of fused-ring (bicyclic) bond motifs is 1. The molecule has 0 saturated carbocycles. The molecule has 1 atom stereocenters. The van der Waals surface area contributed by atoms with Crippen LogP contribution in [0.15, 0.2) is 24.4 Å². The van der Waals surface area contributed by atoms with Gasteiger partial charge in [0.05, 0.1) is 50.0 Å². The van der Waals surface area contributed by atoms with Crippen molar-refractivity contribution < 1.29 is 33.8 Å². The highest BCUT2D eigenvalue weighted by molar-refractivity contribution is 6.25. The highest BCUT2D eigenvalue weighted by Crippen LogP contribution is 2.32. The molecule has 1 aromatic heterocycles. The number of carbonyl (C=O) groups is 5. The molecule has 0 spiro atoms. The standard InChI is InChI=1S/C21H22N6O7/c28-16-5-4-15(19(31)23-16)27-20(32)13-2-1-3-14(18(13)21(27)33)22-10-12-11-26(25-24-12)7-9-34-8-6-17(29)30/h1-3,11,15,22H,4-10H2,(H,29,30)(H,23,28,31). The van der Waals surface area contributed by atoms with Crippen LogP contribution >= 0.6 is 0 Å². The summed E-state index contributed by atoms with van der Waals surface area (Å²) in [5.74, 6) is -3.20. The molecule has 2 aliphatic heterocycles. The molecule has 1 saturated heterocycles. The Morgan fingerprint density at radius 2 is 2.03 bits per heavy atom. The second kappa shape index (κ2) is 9.79. The van der Waals surface area contributed by atoms with Crippen molar-refractivity contribution in [2.24, 2.45) is 0 Å². The molecule has 13 nitrogen and oxygen atoms in total. The lowest BCUT2D eigenvalue weighted by Crippen LogP contribution is -2.54. The summed E-state index contributed by atoms with van der Waals surface area (Å²) in [5, 5.41) is 21.9. The van der Waals surface area contributed by atoms with Gasteiger partial charge in [0, 0.05) is 12.1 Å². The van der Waals surface area contributed by atoms with Crippen LogP contribution in [0.4, 0.5) is 5.69 Å². The fourth-order valence-electron chi connectivity index (χ4n) is 3.80. The van der Waals surface area contributed by atoms with Crippen molar-refractivity contribution in [3.8, 4) is 0 Å². The Kier molecular flexibility index (Phi) is 6.63. The summed E-state index contributed by atoms with van der Waals surface area (Å²) in [6, 6.07) is 3.77. The first kappa shape index (κ1) is 23.0. The number of carbonyl (C=O) groups excluding carboxylic acids is 4. The van der Waals surface area contributed by atoms with Gasteiger partial charge in [-0.15, -0.1) is 5.10 Å².